The summed E-state index contributed by atoms with van der Waals surface area (Å²) in [6.07, 6.45) is 1.26. The molecule has 0 aliphatic carbocycles. The van der Waals surface area contributed by atoms with Crippen LogP contribution in [0.5, 0.6) is 0 Å². The second-order valence-corrected chi connectivity index (χ2v) is 3.36. The van der Waals surface area contributed by atoms with E-state index >= 15 is 0 Å². The van der Waals surface area contributed by atoms with Crippen molar-refractivity contribution in [2.24, 2.45) is 0 Å². The number of rotatable bonds is 3. The normalized spacial score (nSPS) is 10.2. The molecule has 2 aromatic rings. The highest BCUT2D eigenvalue weighted by Gasteiger charge is 2.18. The molecule has 2 rings (SSSR count). The molecule has 6 heteroatoms. The van der Waals surface area contributed by atoms with Gasteiger partial charge in [0.15, 0.2) is 0 Å². The quantitative estimate of drug-likeness (QED) is 0.877. The number of amides is 1. The Kier molecular flexibility index (Phi) is 3.13. The van der Waals surface area contributed by atoms with Crippen molar-refractivity contribution in [3.05, 3.63) is 42.2 Å². The minimum absolute atomic E-state index is 0.135. The van der Waals surface area contributed by atoms with Crippen LogP contribution in [-0.2, 0) is 0 Å². The molecule has 5 nitrogen and oxygen atoms in total. The minimum Gasteiger partial charge on any atom is -0.306 e. The van der Waals surface area contributed by atoms with Gasteiger partial charge in [-0.1, -0.05) is 6.07 Å². The van der Waals surface area contributed by atoms with Crippen molar-refractivity contribution in [3.8, 4) is 0 Å². The van der Waals surface area contributed by atoms with Crippen LogP contribution in [0.2, 0.25) is 0 Å². The summed E-state index contributed by atoms with van der Waals surface area (Å²) in [6, 6.07) is 5.86. The van der Waals surface area contributed by atoms with Crippen LogP contribution in [0.1, 0.15) is 17.5 Å². The van der Waals surface area contributed by atoms with Gasteiger partial charge in [-0.25, -0.2) is 9.37 Å². The maximum atomic E-state index is 13.1. The zero-order chi connectivity index (χ0) is 12.3. The van der Waals surface area contributed by atoms with Gasteiger partial charge in [0.2, 0.25) is 5.82 Å². The molecular formula is C11H11FN4O. The van der Waals surface area contributed by atoms with Gasteiger partial charge in [0.1, 0.15) is 12.1 Å². The smallest absolute Gasteiger partial charge is 0.295 e. The van der Waals surface area contributed by atoms with Gasteiger partial charge in [0.05, 0.1) is 0 Å². The Labute approximate surface area is 97.3 Å². The molecule has 0 aliphatic rings. The molecule has 0 saturated heterocycles. The van der Waals surface area contributed by atoms with E-state index in [0.29, 0.717) is 12.2 Å². The molecule has 0 bridgehead atoms. The SMILES string of the molecule is CCN(C(=O)c1ncn[nH]1)c1cccc(F)c1. The van der Waals surface area contributed by atoms with Crippen molar-refractivity contribution < 1.29 is 9.18 Å². The summed E-state index contributed by atoms with van der Waals surface area (Å²) in [5, 5.41) is 6.10. The molecule has 0 fully saturated rings. The van der Waals surface area contributed by atoms with Crippen LogP contribution >= 0.6 is 0 Å². The molecule has 17 heavy (non-hydrogen) atoms. The number of carbonyl (C=O) groups excluding carboxylic acids is 1. The summed E-state index contributed by atoms with van der Waals surface area (Å²) in [7, 11) is 0. The van der Waals surface area contributed by atoms with E-state index in [2.05, 4.69) is 15.2 Å². The first-order valence-electron chi connectivity index (χ1n) is 5.15. The number of H-pyrrole nitrogens is 1. The third kappa shape index (κ3) is 2.30. The summed E-state index contributed by atoms with van der Waals surface area (Å²) in [5.41, 5.74) is 0.494. The van der Waals surface area contributed by atoms with Crippen molar-refractivity contribution in [2.75, 3.05) is 11.4 Å². The van der Waals surface area contributed by atoms with Crippen LogP contribution in [0.25, 0.3) is 0 Å². The van der Waals surface area contributed by atoms with E-state index in [4.69, 9.17) is 0 Å². The number of nitrogens with one attached hydrogen (secondary N) is 1. The lowest BCUT2D eigenvalue weighted by Crippen LogP contribution is -2.31. The molecule has 0 spiro atoms. The third-order valence-electron chi connectivity index (χ3n) is 2.30. The number of aromatic amines is 1. The van der Waals surface area contributed by atoms with E-state index in [9.17, 15) is 9.18 Å². The number of anilines is 1. The van der Waals surface area contributed by atoms with Crippen LogP contribution in [0.3, 0.4) is 0 Å². The molecular weight excluding hydrogens is 223 g/mol. The van der Waals surface area contributed by atoms with E-state index < -0.39 is 0 Å². The lowest BCUT2D eigenvalue weighted by Gasteiger charge is -2.19. The van der Waals surface area contributed by atoms with Crippen molar-refractivity contribution in [1.82, 2.24) is 15.2 Å². The molecule has 1 aromatic heterocycles. The van der Waals surface area contributed by atoms with Crippen LogP contribution in [0, 0.1) is 5.82 Å². The van der Waals surface area contributed by atoms with Crippen LogP contribution < -0.4 is 4.90 Å². The van der Waals surface area contributed by atoms with Crippen molar-refractivity contribution in [3.63, 3.8) is 0 Å². The fraction of sp³-hybridized carbons (Fsp3) is 0.182. The summed E-state index contributed by atoms with van der Waals surface area (Å²) >= 11 is 0. The predicted octanol–water partition coefficient (Wildman–Crippen LogP) is 1.61. The van der Waals surface area contributed by atoms with Gasteiger partial charge >= 0.3 is 0 Å². The molecule has 0 atom stereocenters. The average molecular weight is 234 g/mol. The molecule has 1 N–H and O–H groups in total. The fourth-order valence-corrected chi connectivity index (χ4v) is 1.52. The van der Waals surface area contributed by atoms with Gasteiger partial charge in [0, 0.05) is 12.2 Å². The van der Waals surface area contributed by atoms with E-state index in [1.54, 1.807) is 19.1 Å². The van der Waals surface area contributed by atoms with Gasteiger partial charge in [-0.05, 0) is 25.1 Å². The summed E-state index contributed by atoms with van der Waals surface area (Å²) < 4.78 is 13.1. The second kappa shape index (κ2) is 4.73. The largest absolute Gasteiger partial charge is 0.306 e. The number of benzene rings is 1. The number of nitrogens with zero attached hydrogens (tertiary/aromatic N) is 3. The van der Waals surface area contributed by atoms with Gasteiger partial charge in [-0.15, -0.1) is 0 Å². The first kappa shape index (κ1) is 11.3. The monoisotopic (exact) mass is 234 g/mol. The zero-order valence-corrected chi connectivity index (χ0v) is 9.22. The van der Waals surface area contributed by atoms with Gasteiger partial charge < -0.3 is 4.90 Å². The lowest BCUT2D eigenvalue weighted by atomic mass is 10.2. The molecule has 1 amide bonds. The fourth-order valence-electron chi connectivity index (χ4n) is 1.52. The Morgan fingerprint density at radius 2 is 2.35 bits per heavy atom. The number of hydrogen-bond donors (Lipinski definition) is 1. The Morgan fingerprint density at radius 3 is 2.94 bits per heavy atom. The average Bonchev–Trinajstić information content (AvgIpc) is 2.83. The Morgan fingerprint density at radius 1 is 1.53 bits per heavy atom. The second-order valence-electron chi connectivity index (χ2n) is 3.36. The highest BCUT2D eigenvalue weighted by molar-refractivity contribution is 6.03. The lowest BCUT2D eigenvalue weighted by molar-refractivity contribution is 0.0979. The molecule has 1 aromatic carbocycles. The van der Waals surface area contributed by atoms with E-state index in [1.807, 2.05) is 0 Å². The van der Waals surface area contributed by atoms with Gasteiger partial charge in [0.25, 0.3) is 5.91 Å². The van der Waals surface area contributed by atoms with Crippen LogP contribution in [0.4, 0.5) is 10.1 Å². The van der Waals surface area contributed by atoms with Crippen molar-refractivity contribution in [2.45, 2.75) is 6.92 Å². The zero-order valence-electron chi connectivity index (χ0n) is 9.22. The summed E-state index contributed by atoms with van der Waals surface area (Å²) in [6.45, 7) is 2.22. The first-order chi connectivity index (χ1) is 8.22. The van der Waals surface area contributed by atoms with Gasteiger partial charge in [-0.2, -0.15) is 5.10 Å². The van der Waals surface area contributed by atoms with Crippen LogP contribution in [0.15, 0.2) is 30.6 Å². The minimum atomic E-state index is -0.383. The first-order valence-corrected chi connectivity index (χ1v) is 5.15. The molecule has 0 aliphatic heterocycles. The van der Waals surface area contributed by atoms with Crippen molar-refractivity contribution >= 4 is 11.6 Å². The van der Waals surface area contributed by atoms with E-state index in [0.717, 1.165) is 0 Å². The molecule has 0 radical (unpaired) electrons. The van der Waals surface area contributed by atoms with E-state index in [-0.39, 0.29) is 17.5 Å². The van der Waals surface area contributed by atoms with Crippen molar-refractivity contribution in [1.29, 1.82) is 0 Å². The number of hydrogen-bond acceptors (Lipinski definition) is 3. The number of aromatic nitrogens is 3. The standard InChI is InChI=1S/C11H11FN4O/c1-2-16(9-5-3-4-8(12)6-9)11(17)10-13-7-14-15-10/h3-7H,2H2,1H3,(H,13,14,15). The highest BCUT2D eigenvalue weighted by atomic mass is 19.1. The van der Waals surface area contributed by atoms with E-state index in [1.165, 1.54) is 23.4 Å². The topological polar surface area (TPSA) is 61.9 Å². The number of carbonyl (C=O) groups is 1. The predicted molar refractivity (Wildman–Crippen MR) is 60.1 cm³/mol. The Balaban J connectivity index is 2.31. The Bertz CT molecular complexity index is 512. The molecule has 0 saturated carbocycles. The highest BCUT2D eigenvalue weighted by Crippen LogP contribution is 2.16. The maximum Gasteiger partial charge on any atom is 0.295 e. The summed E-state index contributed by atoms with van der Waals surface area (Å²) in [4.78, 5) is 17.2. The third-order valence-corrected chi connectivity index (χ3v) is 2.30. The van der Waals surface area contributed by atoms with Crippen LogP contribution in [-0.4, -0.2) is 27.6 Å². The maximum absolute atomic E-state index is 13.1. The molecule has 0 unspecified atom stereocenters. The molecule has 88 valence electrons. The van der Waals surface area contributed by atoms with Gasteiger partial charge in [-0.3, -0.25) is 9.89 Å². The Hall–Kier alpha value is -2.24. The number of halogens is 1. The molecule has 1 heterocycles. The summed E-state index contributed by atoms with van der Waals surface area (Å²) in [5.74, 6) is -0.585.